The van der Waals surface area contributed by atoms with E-state index in [0.29, 0.717) is 6.54 Å². The highest BCUT2D eigenvalue weighted by Crippen LogP contribution is 2.29. The predicted octanol–water partition coefficient (Wildman–Crippen LogP) is 4.36. The maximum atomic E-state index is 12.6. The van der Waals surface area contributed by atoms with E-state index in [1.807, 2.05) is 30.3 Å². The maximum Gasteiger partial charge on any atom is 0.416 e. The van der Waals surface area contributed by atoms with Gasteiger partial charge in [-0.1, -0.05) is 30.3 Å². The van der Waals surface area contributed by atoms with Gasteiger partial charge in [-0.3, -0.25) is 4.79 Å². The van der Waals surface area contributed by atoms with Gasteiger partial charge in [-0.2, -0.15) is 13.2 Å². The van der Waals surface area contributed by atoms with Gasteiger partial charge in [-0.05, 0) is 35.9 Å². The molecule has 0 unspecified atom stereocenters. The number of halogens is 3. The molecule has 8 heteroatoms. The second-order valence-corrected chi connectivity index (χ2v) is 5.63. The van der Waals surface area contributed by atoms with Crippen LogP contribution in [0.2, 0.25) is 0 Å². The third-order valence-corrected chi connectivity index (χ3v) is 3.65. The molecule has 0 radical (unpaired) electrons. The number of carbonyl (C=O) groups excluding carboxylic acids is 1. The summed E-state index contributed by atoms with van der Waals surface area (Å²) in [5, 5.41) is 5.53. The Bertz CT molecular complexity index is 912. The number of carbonyl (C=O) groups is 1. The van der Waals surface area contributed by atoms with Crippen LogP contribution in [0.5, 0.6) is 0 Å². The zero-order valence-corrected chi connectivity index (χ0v) is 14.0. The minimum absolute atomic E-state index is 0.0976. The van der Waals surface area contributed by atoms with Crippen LogP contribution in [0.25, 0.3) is 0 Å². The zero-order valence-electron chi connectivity index (χ0n) is 14.0. The number of hydrogen-bond donors (Lipinski definition) is 2. The van der Waals surface area contributed by atoms with Gasteiger partial charge in [0.2, 0.25) is 5.95 Å². The maximum absolute atomic E-state index is 12.6. The number of nitrogens with one attached hydrogen (secondary N) is 2. The number of nitrogens with zero attached hydrogens (tertiary/aromatic N) is 2. The molecular weight excluding hydrogens is 357 g/mol. The highest BCUT2D eigenvalue weighted by molar-refractivity contribution is 6.02. The number of benzene rings is 2. The number of alkyl halides is 3. The van der Waals surface area contributed by atoms with E-state index >= 15 is 0 Å². The normalized spacial score (nSPS) is 11.1. The summed E-state index contributed by atoms with van der Waals surface area (Å²) in [4.78, 5) is 20.5. The Morgan fingerprint density at radius 3 is 2.33 bits per heavy atom. The summed E-state index contributed by atoms with van der Waals surface area (Å²) in [6.45, 7) is 0.491. The Labute approximate surface area is 153 Å². The molecule has 1 amide bonds. The van der Waals surface area contributed by atoms with Crippen LogP contribution < -0.4 is 10.6 Å². The summed E-state index contributed by atoms with van der Waals surface area (Å²) in [7, 11) is 0. The largest absolute Gasteiger partial charge is 0.416 e. The molecule has 0 saturated heterocycles. The Kier molecular flexibility index (Phi) is 5.35. The molecule has 2 N–H and O–H groups in total. The molecule has 3 aromatic rings. The van der Waals surface area contributed by atoms with E-state index < -0.39 is 17.6 Å². The quantitative estimate of drug-likeness (QED) is 0.698. The van der Waals surface area contributed by atoms with Gasteiger partial charge in [0.15, 0.2) is 0 Å². The smallest absolute Gasteiger partial charge is 0.350 e. The van der Waals surface area contributed by atoms with E-state index in [4.69, 9.17) is 0 Å². The third kappa shape index (κ3) is 5.04. The molecular formula is C19H15F3N4O. The van der Waals surface area contributed by atoms with Crippen molar-refractivity contribution in [2.24, 2.45) is 0 Å². The van der Waals surface area contributed by atoms with Crippen LogP contribution in [-0.4, -0.2) is 15.9 Å². The molecule has 2 aromatic carbocycles. The first-order valence-electron chi connectivity index (χ1n) is 8.01. The summed E-state index contributed by atoms with van der Waals surface area (Å²) < 4.78 is 37.7. The predicted molar refractivity (Wildman–Crippen MR) is 95.2 cm³/mol. The van der Waals surface area contributed by atoms with Crippen molar-refractivity contribution in [1.82, 2.24) is 9.97 Å². The SMILES string of the molecule is O=C(Nc1ccc(C(F)(F)F)cc1)c1ccnc(NCc2ccccc2)n1. The molecule has 1 aromatic heterocycles. The topological polar surface area (TPSA) is 66.9 Å². The molecule has 138 valence electrons. The number of hydrogen-bond acceptors (Lipinski definition) is 4. The minimum atomic E-state index is -4.42. The van der Waals surface area contributed by atoms with E-state index in [2.05, 4.69) is 20.6 Å². The third-order valence-electron chi connectivity index (χ3n) is 3.65. The van der Waals surface area contributed by atoms with E-state index in [1.165, 1.54) is 24.4 Å². The molecule has 0 aliphatic rings. The molecule has 5 nitrogen and oxygen atoms in total. The Morgan fingerprint density at radius 1 is 0.963 bits per heavy atom. The first kappa shape index (κ1) is 18.4. The fraction of sp³-hybridized carbons (Fsp3) is 0.105. The molecule has 3 rings (SSSR count). The van der Waals surface area contributed by atoms with Crippen LogP contribution in [-0.2, 0) is 12.7 Å². The van der Waals surface area contributed by atoms with Gasteiger partial charge in [-0.15, -0.1) is 0 Å². The standard InChI is InChI=1S/C19H15F3N4O/c20-19(21,22)14-6-8-15(9-7-14)25-17(27)16-10-11-23-18(26-16)24-12-13-4-2-1-3-5-13/h1-11H,12H2,(H,25,27)(H,23,24,26). The first-order valence-corrected chi connectivity index (χ1v) is 8.01. The van der Waals surface area contributed by atoms with Crippen LogP contribution >= 0.6 is 0 Å². The zero-order chi connectivity index (χ0) is 19.3. The van der Waals surface area contributed by atoms with E-state index in [-0.39, 0.29) is 17.3 Å². The van der Waals surface area contributed by atoms with Crippen molar-refractivity contribution >= 4 is 17.5 Å². The van der Waals surface area contributed by atoms with Crippen molar-refractivity contribution < 1.29 is 18.0 Å². The van der Waals surface area contributed by atoms with Gasteiger partial charge >= 0.3 is 6.18 Å². The Hall–Kier alpha value is -3.42. The van der Waals surface area contributed by atoms with Gasteiger partial charge in [0, 0.05) is 18.4 Å². The van der Waals surface area contributed by atoms with Crippen molar-refractivity contribution in [3.8, 4) is 0 Å². The van der Waals surface area contributed by atoms with Crippen LogP contribution in [0.15, 0.2) is 66.9 Å². The molecule has 0 spiro atoms. The van der Waals surface area contributed by atoms with Crippen molar-refractivity contribution in [3.05, 3.63) is 83.7 Å². The van der Waals surface area contributed by atoms with E-state index in [9.17, 15) is 18.0 Å². The van der Waals surface area contributed by atoms with Crippen LogP contribution in [0.3, 0.4) is 0 Å². The highest BCUT2D eigenvalue weighted by Gasteiger charge is 2.30. The summed E-state index contributed by atoms with van der Waals surface area (Å²) in [5.41, 5.74) is 0.585. The second-order valence-electron chi connectivity index (χ2n) is 5.63. The lowest BCUT2D eigenvalue weighted by molar-refractivity contribution is -0.137. The van der Waals surface area contributed by atoms with Gasteiger partial charge in [-0.25, -0.2) is 9.97 Å². The van der Waals surface area contributed by atoms with Gasteiger partial charge in [0.05, 0.1) is 5.56 Å². The summed E-state index contributed by atoms with van der Waals surface area (Å²) in [5.74, 6) is -0.265. The van der Waals surface area contributed by atoms with Crippen molar-refractivity contribution in [1.29, 1.82) is 0 Å². The van der Waals surface area contributed by atoms with Crippen LogP contribution in [0, 0.1) is 0 Å². The minimum Gasteiger partial charge on any atom is -0.350 e. The van der Waals surface area contributed by atoms with E-state index in [1.54, 1.807) is 0 Å². The van der Waals surface area contributed by atoms with Gasteiger partial charge in [0.1, 0.15) is 5.69 Å². The fourth-order valence-electron chi connectivity index (χ4n) is 2.28. The molecule has 1 heterocycles. The highest BCUT2D eigenvalue weighted by atomic mass is 19.4. The lowest BCUT2D eigenvalue weighted by atomic mass is 10.2. The Morgan fingerprint density at radius 2 is 1.67 bits per heavy atom. The van der Waals surface area contributed by atoms with Crippen LogP contribution in [0.1, 0.15) is 21.6 Å². The molecule has 0 fully saturated rings. The first-order chi connectivity index (χ1) is 12.9. The number of aromatic nitrogens is 2. The average Bonchev–Trinajstić information content (AvgIpc) is 2.67. The average molecular weight is 372 g/mol. The fourth-order valence-corrected chi connectivity index (χ4v) is 2.28. The molecule has 27 heavy (non-hydrogen) atoms. The summed E-state index contributed by atoms with van der Waals surface area (Å²) in [6.07, 6.45) is -2.99. The lowest BCUT2D eigenvalue weighted by Gasteiger charge is -2.09. The number of rotatable bonds is 5. The van der Waals surface area contributed by atoms with Crippen molar-refractivity contribution in [2.45, 2.75) is 12.7 Å². The second kappa shape index (κ2) is 7.86. The van der Waals surface area contributed by atoms with Crippen LogP contribution in [0.4, 0.5) is 24.8 Å². The Balaban J connectivity index is 1.64. The molecule has 0 aliphatic heterocycles. The number of amides is 1. The molecule has 0 aliphatic carbocycles. The summed E-state index contributed by atoms with van der Waals surface area (Å²) >= 11 is 0. The molecule has 0 saturated carbocycles. The van der Waals surface area contributed by atoms with Crippen molar-refractivity contribution in [2.75, 3.05) is 10.6 Å². The monoisotopic (exact) mass is 372 g/mol. The molecule has 0 atom stereocenters. The van der Waals surface area contributed by atoms with Gasteiger partial charge in [0.25, 0.3) is 5.91 Å². The van der Waals surface area contributed by atoms with E-state index in [0.717, 1.165) is 17.7 Å². The molecule has 0 bridgehead atoms. The van der Waals surface area contributed by atoms with Crippen molar-refractivity contribution in [3.63, 3.8) is 0 Å². The van der Waals surface area contributed by atoms with Gasteiger partial charge < -0.3 is 10.6 Å². The lowest BCUT2D eigenvalue weighted by Crippen LogP contribution is -2.15. The summed E-state index contributed by atoms with van der Waals surface area (Å²) in [6, 6.07) is 15.2. The number of anilines is 2.